The van der Waals surface area contributed by atoms with E-state index in [4.69, 9.17) is 0 Å². The predicted octanol–water partition coefficient (Wildman–Crippen LogP) is 2.58. The Labute approximate surface area is 159 Å². The van der Waals surface area contributed by atoms with Crippen molar-refractivity contribution in [3.63, 3.8) is 0 Å². The van der Waals surface area contributed by atoms with Crippen LogP contribution in [0.4, 0.5) is 0 Å². The molecule has 6 heteroatoms. The average molecular weight is 370 g/mol. The number of rotatable bonds is 9. The molecule has 6 nitrogen and oxygen atoms in total. The molecule has 26 heavy (non-hydrogen) atoms. The Morgan fingerprint density at radius 2 is 1.35 bits per heavy atom. The van der Waals surface area contributed by atoms with E-state index in [-0.39, 0.29) is 29.7 Å². The predicted molar refractivity (Wildman–Crippen MR) is 106 cm³/mol. The van der Waals surface area contributed by atoms with Crippen LogP contribution < -0.4 is 10.6 Å². The van der Waals surface area contributed by atoms with Crippen molar-refractivity contribution in [1.82, 2.24) is 15.5 Å². The molecule has 0 saturated carbocycles. The third kappa shape index (κ3) is 10.4. The molecule has 0 radical (unpaired) electrons. The first-order valence-electron chi connectivity index (χ1n) is 9.59. The molecule has 0 rings (SSSR count). The summed E-state index contributed by atoms with van der Waals surface area (Å²) in [6.07, 6.45) is 1.63. The van der Waals surface area contributed by atoms with E-state index in [1.54, 1.807) is 4.90 Å². The molecule has 0 aliphatic heterocycles. The summed E-state index contributed by atoms with van der Waals surface area (Å²) in [5, 5.41) is 5.65. The molecule has 0 aliphatic carbocycles. The molecular weight excluding hydrogens is 330 g/mol. The molecule has 0 bridgehead atoms. The Kier molecular flexibility index (Phi) is 9.89. The van der Waals surface area contributed by atoms with Crippen molar-refractivity contribution in [2.24, 2.45) is 16.7 Å². The van der Waals surface area contributed by atoms with E-state index in [0.717, 1.165) is 12.8 Å². The maximum absolute atomic E-state index is 12.5. The third-order valence-electron chi connectivity index (χ3n) is 3.84. The molecule has 0 aromatic carbocycles. The van der Waals surface area contributed by atoms with Gasteiger partial charge in [0.15, 0.2) is 0 Å². The van der Waals surface area contributed by atoms with Gasteiger partial charge >= 0.3 is 0 Å². The Morgan fingerprint density at radius 3 is 1.81 bits per heavy atom. The lowest BCUT2D eigenvalue weighted by Crippen LogP contribution is -2.45. The van der Waals surface area contributed by atoms with Crippen LogP contribution in [-0.4, -0.2) is 48.8 Å². The van der Waals surface area contributed by atoms with E-state index in [2.05, 4.69) is 24.5 Å². The number of amides is 3. The Morgan fingerprint density at radius 1 is 0.846 bits per heavy atom. The fourth-order valence-corrected chi connectivity index (χ4v) is 2.19. The lowest BCUT2D eigenvalue weighted by atomic mass is 9.96. The van der Waals surface area contributed by atoms with Crippen molar-refractivity contribution in [3.05, 3.63) is 0 Å². The molecule has 0 fully saturated rings. The van der Waals surface area contributed by atoms with Gasteiger partial charge in [0.05, 0.1) is 6.54 Å². The van der Waals surface area contributed by atoms with Crippen LogP contribution in [0.2, 0.25) is 0 Å². The molecule has 2 N–H and O–H groups in total. The van der Waals surface area contributed by atoms with Gasteiger partial charge in [0.25, 0.3) is 0 Å². The largest absolute Gasteiger partial charge is 0.356 e. The van der Waals surface area contributed by atoms with Crippen molar-refractivity contribution >= 4 is 17.7 Å². The second-order valence-corrected chi connectivity index (χ2v) is 9.38. The first kappa shape index (κ1) is 24.4. The zero-order valence-corrected chi connectivity index (χ0v) is 18.0. The number of nitrogens with zero attached hydrogens (tertiary/aromatic N) is 1. The molecule has 0 aromatic heterocycles. The Hall–Kier alpha value is -1.59. The van der Waals surface area contributed by atoms with Crippen LogP contribution in [0, 0.1) is 16.7 Å². The molecule has 0 spiro atoms. The van der Waals surface area contributed by atoms with E-state index < -0.39 is 5.41 Å². The van der Waals surface area contributed by atoms with Crippen molar-refractivity contribution in [1.29, 1.82) is 0 Å². The number of carbonyl (C=O) groups excluding carboxylic acids is 3. The lowest BCUT2D eigenvalue weighted by Gasteiger charge is -2.26. The number of carbonyl (C=O) groups is 3. The number of hydrogen-bond acceptors (Lipinski definition) is 3. The van der Waals surface area contributed by atoms with Crippen molar-refractivity contribution < 1.29 is 14.4 Å². The van der Waals surface area contributed by atoms with Crippen LogP contribution in [0.15, 0.2) is 0 Å². The Balaban J connectivity index is 4.38. The number of hydrogen-bond donors (Lipinski definition) is 2. The van der Waals surface area contributed by atoms with Gasteiger partial charge in [-0.1, -0.05) is 55.4 Å². The van der Waals surface area contributed by atoms with Gasteiger partial charge in [-0.25, -0.2) is 0 Å². The number of nitrogens with one attached hydrogen (secondary N) is 2. The maximum Gasteiger partial charge on any atom is 0.241 e. The van der Waals surface area contributed by atoms with Gasteiger partial charge < -0.3 is 15.5 Å². The van der Waals surface area contributed by atoms with E-state index in [0.29, 0.717) is 25.6 Å². The molecule has 0 atom stereocenters. The monoisotopic (exact) mass is 369 g/mol. The van der Waals surface area contributed by atoms with Crippen LogP contribution in [0.5, 0.6) is 0 Å². The fraction of sp³-hybridized carbons (Fsp3) is 0.850. The first-order valence-corrected chi connectivity index (χ1v) is 9.59. The minimum atomic E-state index is -0.506. The van der Waals surface area contributed by atoms with Gasteiger partial charge in [-0.2, -0.15) is 0 Å². The first-order chi connectivity index (χ1) is 11.7. The zero-order chi connectivity index (χ0) is 20.5. The molecule has 0 aliphatic rings. The summed E-state index contributed by atoms with van der Waals surface area (Å²) >= 11 is 0. The third-order valence-corrected chi connectivity index (χ3v) is 3.84. The smallest absolute Gasteiger partial charge is 0.241 e. The van der Waals surface area contributed by atoms with E-state index in [9.17, 15) is 14.4 Å². The standard InChI is InChI=1S/C20H39N3O3/c1-15(2)14-23(16(24)13-22-18(26)20(6,7)8)12-10-9-11-21-17(25)19(3,4)5/h15H,9-14H2,1-8H3,(H,21,25)(H,22,26). The normalized spacial score (nSPS) is 12.0. The van der Waals surface area contributed by atoms with Crippen LogP contribution in [-0.2, 0) is 14.4 Å². The highest BCUT2D eigenvalue weighted by atomic mass is 16.2. The van der Waals surface area contributed by atoms with E-state index in [1.165, 1.54) is 0 Å². The molecule has 0 saturated heterocycles. The molecule has 0 aromatic rings. The van der Waals surface area contributed by atoms with Gasteiger partial charge in [0, 0.05) is 30.5 Å². The van der Waals surface area contributed by atoms with Gasteiger partial charge in [0.2, 0.25) is 17.7 Å². The topological polar surface area (TPSA) is 78.5 Å². The van der Waals surface area contributed by atoms with Crippen LogP contribution in [0.25, 0.3) is 0 Å². The quantitative estimate of drug-likeness (QED) is 0.613. The fourth-order valence-electron chi connectivity index (χ4n) is 2.19. The maximum atomic E-state index is 12.5. The van der Waals surface area contributed by atoms with Gasteiger partial charge in [-0.15, -0.1) is 0 Å². The minimum Gasteiger partial charge on any atom is -0.356 e. The number of unbranched alkanes of at least 4 members (excludes halogenated alkanes) is 1. The van der Waals surface area contributed by atoms with Gasteiger partial charge in [-0.05, 0) is 18.8 Å². The summed E-state index contributed by atoms with van der Waals surface area (Å²) in [6, 6.07) is 0. The van der Waals surface area contributed by atoms with Crippen molar-refractivity contribution in [2.75, 3.05) is 26.2 Å². The molecule has 0 heterocycles. The highest BCUT2D eigenvalue weighted by Crippen LogP contribution is 2.13. The summed E-state index contributed by atoms with van der Waals surface area (Å²) in [5.41, 5.74) is -0.890. The lowest BCUT2D eigenvalue weighted by molar-refractivity contribution is -0.135. The SMILES string of the molecule is CC(C)CN(CCCCNC(=O)C(C)(C)C)C(=O)CNC(=O)C(C)(C)C. The summed E-state index contributed by atoms with van der Waals surface area (Å²) in [6.45, 7) is 17.2. The second-order valence-electron chi connectivity index (χ2n) is 9.38. The summed E-state index contributed by atoms with van der Waals surface area (Å²) in [4.78, 5) is 38.0. The second kappa shape index (κ2) is 10.5. The van der Waals surface area contributed by atoms with E-state index in [1.807, 2.05) is 41.5 Å². The van der Waals surface area contributed by atoms with Gasteiger partial charge in [-0.3, -0.25) is 14.4 Å². The van der Waals surface area contributed by atoms with Crippen LogP contribution in [0.3, 0.4) is 0 Å². The molecule has 3 amide bonds. The average Bonchev–Trinajstić information content (AvgIpc) is 2.48. The molecule has 0 unspecified atom stereocenters. The summed E-state index contributed by atoms with van der Waals surface area (Å²) in [7, 11) is 0. The summed E-state index contributed by atoms with van der Waals surface area (Å²) < 4.78 is 0. The highest BCUT2D eigenvalue weighted by molar-refractivity contribution is 5.87. The van der Waals surface area contributed by atoms with Crippen LogP contribution >= 0.6 is 0 Å². The van der Waals surface area contributed by atoms with Gasteiger partial charge in [0.1, 0.15) is 0 Å². The van der Waals surface area contributed by atoms with Crippen LogP contribution in [0.1, 0.15) is 68.2 Å². The summed E-state index contributed by atoms with van der Waals surface area (Å²) in [5.74, 6) is 0.214. The minimum absolute atomic E-state index is 0.0313. The Bertz CT molecular complexity index is 474. The molecular formula is C20H39N3O3. The molecule has 152 valence electrons. The van der Waals surface area contributed by atoms with Crippen molar-refractivity contribution in [2.45, 2.75) is 68.2 Å². The van der Waals surface area contributed by atoms with E-state index >= 15 is 0 Å². The van der Waals surface area contributed by atoms with Crippen molar-refractivity contribution in [3.8, 4) is 0 Å². The highest BCUT2D eigenvalue weighted by Gasteiger charge is 2.23. The zero-order valence-electron chi connectivity index (χ0n) is 18.0.